The first-order valence-electron chi connectivity index (χ1n) is 34.2. The number of carbonyl (C=O) groups excluding carboxylic acids is 3. The minimum absolute atomic E-state index is 0.0624. The second-order valence-corrected chi connectivity index (χ2v) is 23.5. The number of hydrogen-bond donors (Lipinski definition) is 0. The highest BCUT2D eigenvalue weighted by molar-refractivity contribution is 5.71. The van der Waals surface area contributed by atoms with Crippen LogP contribution < -0.4 is 0 Å². The molecule has 0 aliphatic heterocycles. The maximum atomic E-state index is 12.8. The van der Waals surface area contributed by atoms with Gasteiger partial charge in [-0.25, -0.2) is 0 Å². The van der Waals surface area contributed by atoms with Crippen LogP contribution in [0.2, 0.25) is 0 Å². The highest BCUT2D eigenvalue weighted by Crippen LogP contribution is 2.19. The number of allylic oxidation sites excluding steroid dienone is 2. The first kappa shape index (κ1) is 73.2. The molecule has 0 fully saturated rings. The molecule has 0 saturated carbocycles. The molecule has 75 heavy (non-hydrogen) atoms. The molecule has 1 atom stereocenters. The summed E-state index contributed by atoms with van der Waals surface area (Å²) in [6.07, 6.45) is 77.0. The van der Waals surface area contributed by atoms with Gasteiger partial charge in [0.05, 0.1) is 0 Å². The van der Waals surface area contributed by atoms with Crippen molar-refractivity contribution in [2.45, 2.75) is 399 Å². The van der Waals surface area contributed by atoms with Crippen molar-refractivity contribution in [1.29, 1.82) is 0 Å². The Morgan fingerprint density at radius 3 is 0.667 bits per heavy atom. The van der Waals surface area contributed by atoms with Gasteiger partial charge >= 0.3 is 17.9 Å². The maximum absolute atomic E-state index is 12.8. The molecule has 0 amide bonds. The van der Waals surface area contributed by atoms with Gasteiger partial charge in [-0.15, -0.1) is 0 Å². The van der Waals surface area contributed by atoms with Gasteiger partial charge in [0.25, 0.3) is 0 Å². The molecule has 0 aromatic carbocycles. The van der Waals surface area contributed by atoms with Crippen LogP contribution in [0.1, 0.15) is 393 Å². The minimum Gasteiger partial charge on any atom is -0.462 e. The summed E-state index contributed by atoms with van der Waals surface area (Å²) >= 11 is 0. The molecule has 6 heteroatoms. The molecule has 1 unspecified atom stereocenters. The van der Waals surface area contributed by atoms with Gasteiger partial charge in [-0.05, 0) is 44.9 Å². The number of esters is 3. The molecule has 0 heterocycles. The van der Waals surface area contributed by atoms with E-state index in [-0.39, 0.29) is 31.1 Å². The summed E-state index contributed by atoms with van der Waals surface area (Å²) in [4.78, 5) is 38.1. The fourth-order valence-electron chi connectivity index (χ4n) is 10.6. The summed E-state index contributed by atoms with van der Waals surface area (Å²) in [6, 6.07) is 0. The summed E-state index contributed by atoms with van der Waals surface area (Å²) in [5.74, 6) is -0.837. The summed E-state index contributed by atoms with van der Waals surface area (Å²) in [6.45, 7) is 6.69. The number of hydrogen-bond acceptors (Lipinski definition) is 6. The molecule has 0 rings (SSSR count). The standard InChI is InChI=1S/C69H132O6/c1-4-7-10-13-16-19-22-24-25-26-27-28-29-30-31-32-33-34-35-36-37-38-39-40-41-42-43-44-45-46-48-50-53-56-59-62-68(71)74-65-66(64-73-67(70)61-58-55-52-49-21-18-15-12-9-6-3)75-69(72)63-60-57-54-51-47-23-20-17-14-11-8-5-2/h26-27,66H,4-25,28-65H2,1-3H3/b27-26-. The van der Waals surface area contributed by atoms with Gasteiger partial charge < -0.3 is 14.2 Å². The molecule has 0 aromatic heterocycles. The Balaban J connectivity index is 3.92. The lowest BCUT2D eigenvalue weighted by atomic mass is 10.0. The van der Waals surface area contributed by atoms with Gasteiger partial charge in [-0.2, -0.15) is 0 Å². The van der Waals surface area contributed by atoms with Crippen molar-refractivity contribution >= 4 is 17.9 Å². The van der Waals surface area contributed by atoms with Gasteiger partial charge in [0.1, 0.15) is 13.2 Å². The van der Waals surface area contributed by atoms with E-state index < -0.39 is 6.10 Å². The normalized spacial score (nSPS) is 12.0. The zero-order valence-corrected chi connectivity index (χ0v) is 51.1. The fraction of sp³-hybridized carbons (Fsp3) is 0.928. The van der Waals surface area contributed by atoms with Crippen molar-refractivity contribution in [2.75, 3.05) is 13.2 Å². The van der Waals surface area contributed by atoms with E-state index in [1.165, 1.54) is 295 Å². The molecular formula is C69H132O6. The first-order valence-corrected chi connectivity index (χ1v) is 34.2. The van der Waals surface area contributed by atoms with Crippen molar-refractivity contribution in [2.24, 2.45) is 0 Å². The molecular weight excluding hydrogens is 925 g/mol. The second kappa shape index (κ2) is 64.7. The molecule has 6 nitrogen and oxygen atoms in total. The molecule has 0 N–H and O–H groups in total. The minimum atomic E-state index is -0.762. The monoisotopic (exact) mass is 1060 g/mol. The Morgan fingerprint density at radius 2 is 0.440 bits per heavy atom. The van der Waals surface area contributed by atoms with Crippen LogP contribution in [0.4, 0.5) is 0 Å². The largest absolute Gasteiger partial charge is 0.462 e. The quantitative estimate of drug-likeness (QED) is 0.0261. The molecule has 0 bridgehead atoms. The van der Waals surface area contributed by atoms with Gasteiger partial charge in [0.15, 0.2) is 6.10 Å². The van der Waals surface area contributed by atoms with E-state index in [0.29, 0.717) is 19.3 Å². The third kappa shape index (κ3) is 62.9. The first-order chi connectivity index (χ1) is 37.0. The highest BCUT2D eigenvalue weighted by Gasteiger charge is 2.19. The van der Waals surface area contributed by atoms with Crippen LogP contribution >= 0.6 is 0 Å². The van der Waals surface area contributed by atoms with E-state index >= 15 is 0 Å². The number of unbranched alkanes of at least 4 members (excludes halogenated alkanes) is 51. The van der Waals surface area contributed by atoms with Gasteiger partial charge in [-0.1, -0.05) is 341 Å². The van der Waals surface area contributed by atoms with Gasteiger partial charge in [0.2, 0.25) is 0 Å². The zero-order valence-electron chi connectivity index (χ0n) is 51.1. The van der Waals surface area contributed by atoms with Crippen molar-refractivity contribution < 1.29 is 28.6 Å². The maximum Gasteiger partial charge on any atom is 0.306 e. The highest BCUT2D eigenvalue weighted by atomic mass is 16.6. The molecule has 0 radical (unpaired) electrons. The molecule has 0 spiro atoms. The third-order valence-corrected chi connectivity index (χ3v) is 15.8. The Morgan fingerprint density at radius 1 is 0.253 bits per heavy atom. The lowest BCUT2D eigenvalue weighted by Crippen LogP contribution is -2.30. The Hall–Kier alpha value is -1.85. The lowest BCUT2D eigenvalue weighted by Gasteiger charge is -2.18. The summed E-state index contributed by atoms with van der Waals surface area (Å²) in [7, 11) is 0. The van der Waals surface area contributed by atoms with Crippen LogP contribution in [-0.4, -0.2) is 37.2 Å². The second-order valence-electron chi connectivity index (χ2n) is 23.5. The molecule has 0 aliphatic carbocycles. The molecule has 0 aliphatic rings. The molecule has 0 aromatic rings. The van der Waals surface area contributed by atoms with E-state index in [2.05, 4.69) is 32.9 Å². The van der Waals surface area contributed by atoms with E-state index in [1.807, 2.05) is 0 Å². The van der Waals surface area contributed by atoms with E-state index in [1.54, 1.807) is 0 Å². The van der Waals surface area contributed by atoms with Crippen LogP contribution in [0.15, 0.2) is 12.2 Å². The average molecular weight is 1060 g/mol. The molecule has 444 valence electrons. The van der Waals surface area contributed by atoms with Crippen LogP contribution in [0, 0.1) is 0 Å². The van der Waals surface area contributed by atoms with E-state index in [4.69, 9.17) is 14.2 Å². The average Bonchev–Trinajstić information content (AvgIpc) is 3.41. The Kier molecular flexibility index (Phi) is 63.1. The number of rotatable bonds is 64. The van der Waals surface area contributed by atoms with Crippen LogP contribution in [0.3, 0.4) is 0 Å². The molecule has 0 saturated heterocycles. The van der Waals surface area contributed by atoms with Gasteiger partial charge in [-0.3, -0.25) is 14.4 Å². The van der Waals surface area contributed by atoms with Crippen molar-refractivity contribution in [1.82, 2.24) is 0 Å². The number of ether oxygens (including phenoxy) is 3. The fourth-order valence-corrected chi connectivity index (χ4v) is 10.6. The van der Waals surface area contributed by atoms with Gasteiger partial charge in [0, 0.05) is 19.3 Å². The summed E-state index contributed by atoms with van der Waals surface area (Å²) in [5, 5.41) is 0. The zero-order chi connectivity index (χ0) is 54.3. The van der Waals surface area contributed by atoms with E-state index in [0.717, 1.165) is 57.8 Å². The van der Waals surface area contributed by atoms with E-state index in [9.17, 15) is 14.4 Å². The Bertz CT molecular complexity index is 1170. The summed E-state index contributed by atoms with van der Waals surface area (Å²) in [5.41, 5.74) is 0. The smallest absolute Gasteiger partial charge is 0.306 e. The Labute approximate surface area is 469 Å². The lowest BCUT2D eigenvalue weighted by molar-refractivity contribution is -0.167. The summed E-state index contributed by atoms with van der Waals surface area (Å²) < 4.78 is 16.9. The number of carbonyl (C=O) groups is 3. The SMILES string of the molecule is CCCCCCCCCC/C=C\CCCCCCCCCCCCCCCCCCCCCCCCCC(=O)OCC(COC(=O)CCCCCCCCCCCC)OC(=O)CCCCCCCCCCCCCC. The van der Waals surface area contributed by atoms with Crippen LogP contribution in [0.25, 0.3) is 0 Å². The predicted molar refractivity (Wildman–Crippen MR) is 326 cm³/mol. The van der Waals surface area contributed by atoms with Crippen molar-refractivity contribution in [3.8, 4) is 0 Å². The predicted octanol–water partition coefficient (Wildman–Crippen LogP) is 23.2. The topological polar surface area (TPSA) is 78.9 Å². The van der Waals surface area contributed by atoms with Crippen LogP contribution in [-0.2, 0) is 28.6 Å². The van der Waals surface area contributed by atoms with Crippen molar-refractivity contribution in [3.63, 3.8) is 0 Å². The van der Waals surface area contributed by atoms with Crippen molar-refractivity contribution in [3.05, 3.63) is 12.2 Å². The third-order valence-electron chi connectivity index (χ3n) is 15.8. The van der Waals surface area contributed by atoms with Crippen LogP contribution in [0.5, 0.6) is 0 Å².